The highest BCUT2D eigenvalue weighted by molar-refractivity contribution is 6.14. The molecule has 3 heteroatoms. The highest BCUT2D eigenvalue weighted by Crippen LogP contribution is 2.52. The Hall–Kier alpha value is -7.10. The number of fused-ring (bicyclic) bond motifs is 12. The molecule has 0 fully saturated rings. The molecule has 0 spiro atoms. The fourth-order valence-corrected chi connectivity index (χ4v) is 9.93. The summed E-state index contributed by atoms with van der Waals surface area (Å²) in [5, 5.41) is 9.82. The van der Waals surface area contributed by atoms with Gasteiger partial charge in [0.2, 0.25) is 0 Å². The van der Waals surface area contributed by atoms with Crippen molar-refractivity contribution in [1.82, 2.24) is 4.57 Å². The lowest BCUT2D eigenvalue weighted by atomic mass is 9.78. The molecule has 2 heterocycles. The van der Waals surface area contributed by atoms with E-state index in [-0.39, 0.29) is 10.8 Å². The minimum absolute atomic E-state index is 0.00338. The van der Waals surface area contributed by atoms with E-state index >= 15 is 0 Å². The van der Waals surface area contributed by atoms with Gasteiger partial charge in [-0.3, -0.25) is 0 Å². The Morgan fingerprint density at radius 1 is 0.410 bits per heavy atom. The fourth-order valence-electron chi connectivity index (χ4n) is 9.93. The van der Waals surface area contributed by atoms with Crippen molar-refractivity contribution in [2.24, 2.45) is 0 Å². The summed E-state index contributed by atoms with van der Waals surface area (Å²) >= 11 is 0. The molecule has 9 aromatic carbocycles. The zero-order valence-corrected chi connectivity index (χ0v) is 35.5. The third-order valence-electron chi connectivity index (χ3n) is 13.1. The van der Waals surface area contributed by atoms with Crippen molar-refractivity contribution in [1.29, 1.82) is 0 Å². The second-order valence-corrected chi connectivity index (χ2v) is 19.1. The van der Waals surface area contributed by atoms with Crippen LogP contribution in [0.2, 0.25) is 0 Å². The minimum Gasteiger partial charge on any atom is -0.454 e. The molecule has 12 rings (SSSR count). The maximum atomic E-state index is 7.06. The smallest absolute Gasteiger partial charge is 0.159 e. The van der Waals surface area contributed by atoms with E-state index in [0.29, 0.717) is 0 Å². The van der Waals surface area contributed by atoms with E-state index in [9.17, 15) is 0 Å². The van der Waals surface area contributed by atoms with Crippen molar-refractivity contribution in [3.8, 4) is 27.9 Å². The van der Waals surface area contributed by atoms with Crippen molar-refractivity contribution in [3.05, 3.63) is 181 Å². The summed E-state index contributed by atoms with van der Waals surface area (Å²) in [6.07, 6.45) is 0. The van der Waals surface area contributed by atoms with Gasteiger partial charge >= 0.3 is 0 Å². The van der Waals surface area contributed by atoms with Crippen LogP contribution in [0.3, 0.4) is 0 Å². The Labute approximate surface area is 356 Å². The molecule has 0 N–H and O–H groups in total. The molecular formula is C58H46N2O. The third-order valence-corrected chi connectivity index (χ3v) is 13.1. The lowest BCUT2D eigenvalue weighted by molar-refractivity contribution is 0.559. The van der Waals surface area contributed by atoms with Crippen molar-refractivity contribution in [2.75, 3.05) is 4.90 Å². The van der Waals surface area contributed by atoms with Crippen LogP contribution in [0.25, 0.3) is 93.2 Å². The Morgan fingerprint density at radius 3 is 1.62 bits per heavy atom. The van der Waals surface area contributed by atoms with Gasteiger partial charge in [-0.1, -0.05) is 126 Å². The normalized spacial score (nSPS) is 12.8. The van der Waals surface area contributed by atoms with Crippen molar-refractivity contribution < 1.29 is 4.42 Å². The molecule has 1 aliphatic rings. The van der Waals surface area contributed by atoms with E-state index in [1.54, 1.807) is 0 Å². The maximum Gasteiger partial charge on any atom is 0.159 e. The molecule has 0 bridgehead atoms. The fraction of sp³-hybridized carbons (Fsp3) is 0.138. The molecule has 3 nitrogen and oxygen atoms in total. The molecule has 0 saturated heterocycles. The number of anilines is 3. The second-order valence-electron chi connectivity index (χ2n) is 19.1. The molecule has 61 heavy (non-hydrogen) atoms. The van der Waals surface area contributed by atoms with Crippen LogP contribution in [0.4, 0.5) is 17.1 Å². The number of rotatable bonds is 4. The Bertz CT molecular complexity index is 3550. The third kappa shape index (κ3) is 5.43. The molecule has 11 aromatic rings. The molecule has 1 aliphatic carbocycles. The van der Waals surface area contributed by atoms with Gasteiger partial charge in [0, 0.05) is 44.2 Å². The monoisotopic (exact) mass is 786 g/mol. The summed E-state index contributed by atoms with van der Waals surface area (Å²) in [7, 11) is 0. The summed E-state index contributed by atoms with van der Waals surface area (Å²) < 4.78 is 9.47. The molecular weight excluding hydrogens is 741 g/mol. The van der Waals surface area contributed by atoms with E-state index in [2.05, 4.69) is 221 Å². The zero-order valence-electron chi connectivity index (χ0n) is 35.5. The predicted molar refractivity (Wildman–Crippen MR) is 260 cm³/mol. The first-order valence-electron chi connectivity index (χ1n) is 21.5. The van der Waals surface area contributed by atoms with Gasteiger partial charge in [-0.25, -0.2) is 0 Å². The summed E-state index contributed by atoms with van der Waals surface area (Å²) in [6, 6.07) is 62.8. The standard InChI is InChI=1S/C58H46N2O/c1-57(2,3)39-33-50-45-19-14-22-54(56(45)61-55(50)51(34-39)58(4,5)6)59(40-15-8-7-9-16-40)41-25-23-35-29-46-48(31-37(35)27-41)47-30-36-24-26-42(28-38(36)32-49(46)47)60-52-20-12-10-17-43(52)44-18-11-13-21-53(44)60/h7-34H,1-6H3. The quantitative estimate of drug-likeness (QED) is 0.177. The van der Waals surface area contributed by atoms with Crippen molar-refractivity contribution in [3.63, 3.8) is 0 Å². The summed E-state index contributed by atoms with van der Waals surface area (Å²) in [4.78, 5) is 2.36. The average molecular weight is 787 g/mol. The lowest BCUT2D eigenvalue weighted by Gasteiger charge is -2.28. The highest BCUT2D eigenvalue weighted by atomic mass is 16.3. The van der Waals surface area contributed by atoms with Gasteiger partial charge < -0.3 is 13.9 Å². The van der Waals surface area contributed by atoms with Gasteiger partial charge in [-0.05, 0) is 145 Å². The van der Waals surface area contributed by atoms with Crippen LogP contribution in [0.15, 0.2) is 174 Å². The van der Waals surface area contributed by atoms with Crippen LogP contribution >= 0.6 is 0 Å². The summed E-state index contributed by atoms with van der Waals surface area (Å²) in [5.74, 6) is 0. The SMILES string of the molecule is CC(C)(C)c1cc(C(C)(C)C)c2oc3c(N(c4ccccc4)c4ccc5cc6c(cc5c4)-c4cc5ccc(-n7c8ccccc8c8ccccc87)cc5cc4-6)cccc3c2c1. The van der Waals surface area contributed by atoms with Gasteiger partial charge in [0.25, 0.3) is 0 Å². The summed E-state index contributed by atoms with van der Waals surface area (Å²) in [6.45, 7) is 13.7. The van der Waals surface area contributed by atoms with E-state index in [4.69, 9.17) is 4.42 Å². The molecule has 0 amide bonds. The van der Waals surface area contributed by atoms with Gasteiger partial charge in [0.15, 0.2) is 5.58 Å². The Kier molecular flexibility index (Phi) is 7.46. The molecule has 2 aromatic heterocycles. The Morgan fingerprint density at radius 2 is 0.984 bits per heavy atom. The van der Waals surface area contributed by atoms with Crippen LogP contribution in [-0.4, -0.2) is 4.57 Å². The Balaban J connectivity index is 0.975. The summed E-state index contributed by atoms with van der Waals surface area (Å²) in [5.41, 5.74) is 16.5. The molecule has 0 saturated carbocycles. The topological polar surface area (TPSA) is 21.3 Å². The minimum atomic E-state index is -0.0894. The zero-order chi connectivity index (χ0) is 41.4. The van der Waals surface area contributed by atoms with E-state index in [1.807, 2.05) is 0 Å². The predicted octanol–water partition coefficient (Wildman–Crippen LogP) is 16.7. The molecule has 0 aliphatic heterocycles. The first-order valence-corrected chi connectivity index (χ1v) is 21.5. The van der Waals surface area contributed by atoms with E-state index in [0.717, 1.165) is 33.6 Å². The molecule has 0 radical (unpaired) electrons. The number of aromatic nitrogens is 1. The van der Waals surface area contributed by atoms with Crippen LogP contribution in [0.1, 0.15) is 52.7 Å². The molecule has 0 unspecified atom stereocenters. The van der Waals surface area contributed by atoms with Gasteiger partial charge in [0.1, 0.15) is 5.58 Å². The average Bonchev–Trinajstić information content (AvgIpc) is 3.81. The number of benzene rings is 9. The second kappa shape index (κ2) is 12.7. The van der Waals surface area contributed by atoms with Crippen molar-refractivity contribution in [2.45, 2.75) is 52.4 Å². The van der Waals surface area contributed by atoms with Crippen LogP contribution in [-0.2, 0) is 10.8 Å². The number of nitrogens with zero attached hydrogens (tertiary/aromatic N) is 2. The van der Waals surface area contributed by atoms with Gasteiger partial charge in [-0.2, -0.15) is 0 Å². The number of furan rings is 1. The number of hydrogen-bond donors (Lipinski definition) is 0. The molecule has 0 atom stereocenters. The van der Waals surface area contributed by atoms with Crippen LogP contribution < -0.4 is 4.90 Å². The number of para-hydroxylation sites is 4. The largest absolute Gasteiger partial charge is 0.454 e. The van der Waals surface area contributed by atoms with Crippen LogP contribution in [0.5, 0.6) is 0 Å². The van der Waals surface area contributed by atoms with Crippen molar-refractivity contribution >= 4 is 82.4 Å². The lowest BCUT2D eigenvalue weighted by Crippen LogP contribution is -2.16. The van der Waals surface area contributed by atoms with Crippen LogP contribution in [0, 0.1) is 0 Å². The molecule has 294 valence electrons. The van der Waals surface area contributed by atoms with E-state index < -0.39 is 0 Å². The first-order chi connectivity index (χ1) is 29.5. The van der Waals surface area contributed by atoms with Gasteiger partial charge in [0.05, 0.1) is 16.7 Å². The van der Waals surface area contributed by atoms with E-state index in [1.165, 1.54) is 87.8 Å². The van der Waals surface area contributed by atoms with Gasteiger partial charge in [-0.15, -0.1) is 0 Å². The number of hydrogen-bond acceptors (Lipinski definition) is 2. The first kappa shape index (κ1) is 35.8. The maximum absolute atomic E-state index is 7.06. The highest BCUT2D eigenvalue weighted by Gasteiger charge is 2.28.